The van der Waals surface area contributed by atoms with E-state index in [1.165, 1.54) is 23.8 Å². The molecule has 7 atom stereocenters. The second-order valence-corrected chi connectivity index (χ2v) is 10.3. The molecule has 0 amide bonds. The maximum absolute atomic E-state index is 12.4. The molecule has 2 aliphatic rings. The van der Waals surface area contributed by atoms with Crippen molar-refractivity contribution in [3.8, 4) is 0 Å². The van der Waals surface area contributed by atoms with Crippen molar-refractivity contribution in [2.45, 2.75) is 69.3 Å². The molecule has 12 nitrogen and oxygen atoms in total. The molecule has 2 aromatic rings. The van der Waals surface area contributed by atoms with Crippen molar-refractivity contribution in [1.29, 1.82) is 0 Å². The fourth-order valence-corrected chi connectivity index (χ4v) is 5.27. The van der Waals surface area contributed by atoms with Crippen molar-refractivity contribution in [3.05, 3.63) is 22.6 Å². The van der Waals surface area contributed by atoms with Gasteiger partial charge in [-0.05, 0) is 19.4 Å². The lowest BCUT2D eigenvalue weighted by Gasteiger charge is -2.31. The molecule has 7 unspecified atom stereocenters. The number of nitrogens with two attached hydrogens (primary N) is 1. The molecule has 30 heavy (non-hydrogen) atoms. The van der Waals surface area contributed by atoms with Crippen LogP contribution < -0.4 is 11.3 Å². The van der Waals surface area contributed by atoms with Gasteiger partial charge in [0, 0.05) is 19.5 Å². The van der Waals surface area contributed by atoms with Gasteiger partial charge in [0.15, 0.2) is 11.9 Å². The van der Waals surface area contributed by atoms with Gasteiger partial charge in [-0.1, -0.05) is 6.92 Å². The fourth-order valence-electron chi connectivity index (χ4n) is 3.67. The first-order chi connectivity index (χ1) is 13.9. The third kappa shape index (κ3) is 3.38. The summed E-state index contributed by atoms with van der Waals surface area (Å²) < 4.78 is 30.2. The predicted molar refractivity (Wildman–Crippen MR) is 104 cm³/mol. The van der Waals surface area contributed by atoms with Crippen molar-refractivity contribution >= 4 is 24.6 Å². The highest BCUT2D eigenvalue weighted by atomic mass is 31.2. The van der Waals surface area contributed by atoms with Crippen molar-refractivity contribution in [3.63, 3.8) is 0 Å². The van der Waals surface area contributed by atoms with Crippen LogP contribution >= 0.6 is 7.60 Å². The Balaban J connectivity index is 1.58. The van der Waals surface area contributed by atoms with Gasteiger partial charge >= 0.3 is 7.60 Å². The van der Waals surface area contributed by atoms with Crippen LogP contribution in [0.1, 0.15) is 39.8 Å². The lowest BCUT2D eigenvalue weighted by atomic mass is 9.93. The number of fused-ring (bicyclic) bond motifs is 1. The molecule has 166 valence electrons. The van der Waals surface area contributed by atoms with Crippen LogP contribution in [0.5, 0.6) is 0 Å². The zero-order valence-corrected chi connectivity index (χ0v) is 17.6. The highest BCUT2D eigenvalue weighted by molar-refractivity contribution is 7.61. The summed E-state index contributed by atoms with van der Waals surface area (Å²) in [5, 5.41) is 31.2. The van der Waals surface area contributed by atoms with Crippen LogP contribution in [0, 0.1) is 0 Å². The van der Waals surface area contributed by atoms with E-state index in [1.54, 1.807) is 13.8 Å². The second-order valence-electron chi connectivity index (χ2n) is 8.08. The van der Waals surface area contributed by atoms with Crippen molar-refractivity contribution in [2.24, 2.45) is 0 Å². The Morgan fingerprint density at radius 2 is 2.13 bits per heavy atom. The maximum atomic E-state index is 12.4. The van der Waals surface area contributed by atoms with E-state index >= 15 is 0 Å². The third-order valence-electron chi connectivity index (χ3n) is 5.70. The molecule has 4 heterocycles. The molecule has 6 N–H and O–H groups in total. The quantitative estimate of drug-likeness (QED) is 0.308. The Kier molecular flexibility index (Phi) is 4.90. The zero-order valence-electron chi connectivity index (χ0n) is 16.7. The Morgan fingerprint density at radius 1 is 1.47 bits per heavy atom. The Hall–Kier alpha value is -1.79. The minimum Gasteiger partial charge on any atom is -0.388 e. The van der Waals surface area contributed by atoms with Gasteiger partial charge in [-0.15, -0.1) is 0 Å². The van der Waals surface area contributed by atoms with Crippen molar-refractivity contribution in [2.75, 3.05) is 5.73 Å². The van der Waals surface area contributed by atoms with Crippen LogP contribution in [-0.2, 0) is 18.3 Å². The van der Waals surface area contributed by atoms with Gasteiger partial charge in [0.1, 0.15) is 12.2 Å². The van der Waals surface area contributed by atoms with Gasteiger partial charge in [-0.2, -0.15) is 4.98 Å². The molecule has 0 bridgehead atoms. The number of hydrogen-bond donors (Lipinski definition) is 5. The molecule has 2 saturated heterocycles. The molecule has 0 aromatic carbocycles. The van der Waals surface area contributed by atoms with E-state index in [4.69, 9.17) is 19.5 Å². The summed E-state index contributed by atoms with van der Waals surface area (Å²) in [6.45, 7) is 4.70. The van der Waals surface area contributed by atoms with E-state index in [0.29, 0.717) is 6.42 Å². The minimum atomic E-state index is -3.67. The number of nitrogen functional groups attached to an aromatic ring is 1. The topological polar surface area (TPSA) is 185 Å². The summed E-state index contributed by atoms with van der Waals surface area (Å²) in [6, 6.07) is 1.51. The molecule has 0 spiro atoms. The largest absolute Gasteiger partial charge is 0.393 e. The minimum absolute atomic E-state index is 0.0665. The second kappa shape index (κ2) is 6.86. The number of ether oxygens (including phenoxy) is 1. The van der Waals surface area contributed by atoms with E-state index < -0.39 is 48.8 Å². The lowest BCUT2D eigenvalue weighted by molar-refractivity contribution is -0.0629. The molecule has 0 aliphatic carbocycles. The van der Waals surface area contributed by atoms with Crippen molar-refractivity contribution in [1.82, 2.24) is 14.5 Å². The summed E-state index contributed by atoms with van der Waals surface area (Å²) in [6.07, 6.45) is -2.58. The van der Waals surface area contributed by atoms with Crippen LogP contribution in [0.25, 0.3) is 11.0 Å². The zero-order chi connectivity index (χ0) is 22.1. The van der Waals surface area contributed by atoms with Gasteiger partial charge in [0.2, 0.25) is 5.95 Å². The summed E-state index contributed by atoms with van der Waals surface area (Å²) in [5.41, 5.74) is 2.50. The average molecular weight is 444 g/mol. The van der Waals surface area contributed by atoms with Crippen LogP contribution in [-0.4, -0.2) is 59.3 Å². The molecule has 0 saturated carbocycles. The molecular weight excluding hydrogens is 419 g/mol. The Labute approximate surface area is 171 Å². The third-order valence-corrected chi connectivity index (χ3v) is 7.92. The first-order valence-electron chi connectivity index (χ1n) is 9.52. The molecule has 4 rings (SSSR count). The van der Waals surface area contributed by atoms with E-state index in [9.17, 15) is 24.7 Å². The van der Waals surface area contributed by atoms with Crippen LogP contribution in [0.2, 0.25) is 0 Å². The smallest absolute Gasteiger partial charge is 0.388 e. The van der Waals surface area contributed by atoms with Crippen molar-refractivity contribution < 1.29 is 33.7 Å². The normalized spacial score (nSPS) is 38.1. The van der Waals surface area contributed by atoms with Gasteiger partial charge in [-0.3, -0.25) is 23.4 Å². The van der Waals surface area contributed by atoms with Crippen LogP contribution in [0.15, 0.2) is 17.1 Å². The summed E-state index contributed by atoms with van der Waals surface area (Å²) >= 11 is 0. The number of aliphatic hydroxyl groups excluding tert-OH is 2. The SMILES string of the molecule is CCC(C)(CC1OC(n2ccc3c(=O)[nH]c(N)nc32)C(O)C1O)OP1(=O)OC1(C)O. The molecular formula is C17H25N4O8P. The van der Waals surface area contributed by atoms with Gasteiger partial charge in [-0.25, -0.2) is 0 Å². The standard InChI is InChI=1S/C17H25N4O8P/c1-4-16(2,28-30(26)17(3,25)29-30)7-9-10(22)11(23)14(27-9)21-6-5-8-12(21)19-15(18)20-13(8)24/h5-6,9-11,14,22-23,25H,4,7H2,1-3H3,(H3,18,19,20,24). The van der Waals surface area contributed by atoms with E-state index in [1.807, 2.05) is 0 Å². The number of anilines is 1. The highest BCUT2D eigenvalue weighted by Gasteiger charge is 2.68. The van der Waals surface area contributed by atoms with Gasteiger partial charge < -0.3 is 30.4 Å². The fraction of sp³-hybridized carbons (Fsp3) is 0.647. The maximum Gasteiger partial charge on any atom is 0.393 e. The van der Waals surface area contributed by atoms with Crippen LogP contribution in [0.4, 0.5) is 5.95 Å². The number of H-pyrrole nitrogens is 1. The molecule has 2 aromatic heterocycles. The van der Waals surface area contributed by atoms with E-state index in [-0.39, 0.29) is 23.4 Å². The summed E-state index contributed by atoms with van der Waals surface area (Å²) in [7, 11) is -3.67. The van der Waals surface area contributed by atoms with Gasteiger partial charge in [0.25, 0.3) is 11.1 Å². The average Bonchev–Trinajstić information content (AvgIpc) is 2.94. The van der Waals surface area contributed by atoms with Gasteiger partial charge in [0.05, 0.1) is 17.1 Å². The number of rotatable bonds is 6. The lowest BCUT2D eigenvalue weighted by Crippen LogP contribution is -2.38. The monoisotopic (exact) mass is 444 g/mol. The number of nitrogens with one attached hydrogen (secondary N) is 1. The molecule has 2 aliphatic heterocycles. The summed E-state index contributed by atoms with van der Waals surface area (Å²) in [4.78, 5) is 18.5. The summed E-state index contributed by atoms with van der Waals surface area (Å²) in [5.74, 6) is -0.0924. The first-order valence-corrected chi connectivity index (χ1v) is 11.1. The van der Waals surface area contributed by atoms with E-state index in [2.05, 4.69) is 9.97 Å². The number of nitrogens with zero attached hydrogens (tertiary/aromatic N) is 2. The van der Waals surface area contributed by atoms with E-state index in [0.717, 1.165) is 0 Å². The Morgan fingerprint density at radius 3 is 2.73 bits per heavy atom. The first kappa shape index (κ1) is 21.4. The Bertz CT molecular complexity index is 1080. The molecule has 2 fully saturated rings. The molecule has 13 heteroatoms. The number of aromatic nitrogens is 3. The molecule has 0 radical (unpaired) electrons. The highest BCUT2D eigenvalue weighted by Crippen LogP contribution is 2.78. The number of aliphatic hydroxyl groups is 3. The van der Waals surface area contributed by atoms with Crippen LogP contribution in [0.3, 0.4) is 0 Å². The number of hydrogen-bond acceptors (Lipinski definition) is 10. The number of aromatic amines is 1. The predicted octanol–water partition coefficient (Wildman–Crippen LogP) is 0.391.